The van der Waals surface area contributed by atoms with Crippen LogP contribution in [0.25, 0.3) is 10.9 Å². The van der Waals surface area contributed by atoms with Crippen molar-refractivity contribution < 1.29 is 19.0 Å². The lowest BCUT2D eigenvalue weighted by molar-refractivity contribution is -0.132. The molecule has 0 unspecified atom stereocenters. The van der Waals surface area contributed by atoms with Gasteiger partial charge in [0.25, 0.3) is 5.56 Å². The highest BCUT2D eigenvalue weighted by molar-refractivity contribution is 5.82. The molecule has 0 saturated carbocycles. The molecular formula is C23H27N3O5. The number of carbonyl (C=O) groups is 1. The van der Waals surface area contributed by atoms with E-state index in [2.05, 4.69) is 9.97 Å². The molecular weight excluding hydrogens is 398 g/mol. The fraction of sp³-hybridized carbons (Fsp3) is 0.348. The van der Waals surface area contributed by atoms with Crippen molar-refractivity contribution in [1.82, 2.24) is 14.9 Å². The summed E-state index contributed by atoms with van der Waals surface area (Å²) in [5.74, 6) is 2.03. The number of hydrogen-bond acceptors (Lipinski definition) is 6. The number of aryl methyl sites for hydroxylation is 1. The fourth-order valence-electron chi connectivity index (χ4n) is 3.27. The first kappa shape index (κ1) is 22.1. The summed E-state index contributed by atoms with van der Waals surface area (Å²) in [6, 6.07) is 10.9. The number of ether oxygens (including phenoxy) is 3. The van der Waals surface area contributed by atoms with Crippen molar-refractivity contribution in [3.63, 3.8) is 0 Å². The number of hydrogen-bond donors (Lipinski definition) is 1. The van der Waals surface area contributed by atoms with Crippen LogP contribution in [0.15, 0.2) is 41.2 Å². The van der Waals surface area contributed by atoms with Gasteiger partial charge in [-0.1, -0.05) is 18.2 Å². The number of methoxy groups -OCH3 is 2. The molecule has 1 amide bonds. The quantitative estimate of drug-likeness (QED) is 0.566. The van der Waals surface area contributed by atoms with E-state index in [0.29, 0.717) is 34.8 Å². The molecule has 1 N–H and O–H groups in total. The minimum absolute atomic E-state index is 0.0776. The van der Waals surface area contributed by atoms with Crippen LogP contribution >= 0.6 is 0 Å². The molecule has 0 spiro atoms. The van der Waals surface area contributed by atoms with Gasteiger partial charge in [-0.25, -0.2) is 4.98 Å². The highest BCUT2D eigenvalue weighted by Gasteiger charge is 2.16. The Hall–Kier alpha value is -3.55. The Balaban J connectivity index is 1.72. The van der Waals surface area contributed by atoms with Gasteiger partial charge in [-0.3, -0.25) is 9.59 Å². The van der Waals surface area contributed by atoms with E-state index < -0.39 is 0 Å². The molecule has 3 aromatic rings. The molecule has 8 heteroatoms. The Labute approximate surface area is 180 Å². The number of amides is 1. The zero-order valence-corrected chi connectivity index (χ0v) is 18.2. The summed E-state index contributed by atoms with van der Waals surface area (Å²) in [7, 11) is 3.03. The van der Waals surface area contributed by atoms with Crippen LogP contribution in [0.5, 0.6) is 17.2 Å². The van der Waals surface area contributed by atoms with Gasteiger partial charge in [-0.2, -0.15) is 0 Å². The lowest BCUT2D eigenvalue weighted by atomic mass is 10.2. The van der Waals surface area contributed by atoms with Crippen molar-refractivity contribution in [3.05, 3.63) is 58.1 Å². The number of H-pyrrole nitrogens is 1. The number of aromatic nitrogens is 2. The third-order valence-electron chi connectivity index (χ3n) is 5.00. The van der Waals surface area contributed by atoms with E-state index in [0.717, 1.165) is 11.3 Å². The number of fused-ring (bicyclic) bond motifs is 1. The van der Waals surface area contributed by atoms with Crippen LogP contribution in [0, 0.1) is 6.92 Å². The topological polar surface area (TPSA) is 93.8 Å². The number of para-hydroxylation sites is 1. The molecule has 3 rings (SSSR count). The van der Waals surface area contributed by atoms with E-state index in [4.69, 9.17) is 14.2 Å². The first-order valence-electron chi connectivity index (χ1n) is 10.1. The monoisotopic (exact) mass is 425 g/mol. The average Bonchev–Trinajstić information content (AvgIpc) is 2.77. The van der Waals surface area contributed by atoms with E-state index in [1.54, 1.807) is 17.0 Å². The molecule has 164 valence electrons. The summed E-state index contributed by atoms with van der Waals surface area (Å²) < 4.78 is 16.3. The number of nitrogens with one attached hydrogen (secondary N) is 1. The standard InChI is InChI=1S/C23H27N3O5/c1-5-26(22(27)10-11-31-18-9-7-6-8-15(18)2)14-21-24-17-13-20(30-4)19(29-3)12-16(17)23(28)25-21/h6-9,12-13H,5,10-11,14H2,1-4H3,(H,24,25,28). The lowest BCUT2D eigenvalue weighted by Crippen LogP contribution is -2.32. The van der Waals surface area contributed by atoms with Gasteiger partial charge in [0.05, 0.1) is 44.7 Å². The minimum atomic E-state index is -0.299. The van der Waals surface area contributed by atoms with Gasteiger partial charge in [0.2, 0.25) is 5.91 Å². The lowest BCUT2D eigenvalue weighted by Gasteiger charge is -2.21. The van der Waals surface area contributed by atoms with Gasteiger partial charge in [0, 0.05) is 12.6 Å². The Morgan fingerprint density at radius 1 is 1.10 bits per heavy atom. The highest BCUT2D eigenvalue weighted by atomic mass is 16.5. The number of nitrogens with zero attached hydrogens (tertiary/aromatic N) is 2. The Kier molecular flexibility index (Phi) is 7.12. The van der Waals surface area contributed by atoms with Crippen LogP contribution in [0.3, 0.4) is 0 Å². The molecule has 0 radical (unpaired) electrons. The molecule has 31 heavy (non-hydrogen) atoms. The summed E-state index contributed by atoms with van der Waals surface area (Å²) in [4.78, 5) is 34.1. The fourth-order valence-corrected chi connectivity index (χ4v) is 3.27. The van der Waals surface area contributed by atoms with Gasteiger partial charge in [-0.15, -0.1) is 0 Å². The van der Waals surface area contributed by atoms with E-state index >= 15 is 0 Å². The van der Waals surface area contributed by atoms with Gasteiger partial charge < -0.3 is 24.1 Å². The molecule has 0 fully saturated rings. The second-order valence-corrected chi connectivity index (χ2v) is 7.01. The van der Waals surface area contributed by atoms with Crippen LogP contribution in [0.1, 0.15) is 24.7 Å². The highest BCUT2D eigenvalue weighted by Crippen LogP contribution is 2.30. The largest absolute Gasteiger partial charge is 0.493 e. The maximum absolute atomic E-state index is 12.7. The minimum Gasteiger partial charge on any atom is -0.493 e. The average molecular weight is 425 g/mol. The smallest absolute Gasteiger partial charge is 0.258 e. The number of benzene rings is 2. The maximum Gasteiger partial charge on any atom is 0.258 e. The van der Waals surface area contributed by atoms with Gasteiger partial charge in [0.1, 0.15) is 11.6 Å². The summed E-state index contributed by atoms with van der Waals surface area (Å²) in [6.45, 7) is 4.80. The molecule has 0 saturated heterocycles. The van der Waals surface area contributed by atoms with E-state index in [1.165, 1.54) is 14.2 Å². The molecule has 0 aliphatic rings. The molecule has 1 heterocycles. The summed E-state index contributed by atoms with van der Waals surface area (Å²) in [5.41, 5.74) is 1.20. The van der Waals surface area contributed by atoms with E-state index in [-0.39, 0.29) is 31.0 Å². The SMILES string of the molecule is CCN(Cc1nc2cc(OC)c(OC)cc2c(=O)[nH]1)C(=O)CCOc1ccccc1C. The molecule has 1 aromatic heterocycles. The zero-order valence-electron chi connectivity index (χ0n) is 18.2. The third kappa shape index (κ3) is 5.14. The predicted octanol–water partition coefficient (Wildman–Crippen LogP) is 3.07. The first-order chi connectivity index (χ1) is 15.0. The molecule has 0 aliphatic carbocycles. The van der Waals surface area contributed by atoms with Crippen LogP contribution in [0.4, 0.5) is 0 Å². The van der Waals surface area contributed by atoms with Crippen LogP contribution in [-0.2, 0) is 11.3 Å². The Morgan fingerprint density at radius 3 is 2.48 bits per heavy atom. The van der Waals surface area contributed by atoms with Gasteiger partial charge in [-0.05, 0) is 31.5 Å². The third-order valence-corrected chi connectivity index (χ3v) is 5.00. The van der Waals surface area contributed by atoms with E-state index in [1.807, 2.05) is 38.1 Å². The summed E-state index contributed by atoms with van der Waals surface area (Å²) >= 11 is 0. The van der Waals surface area contributed by atoms with Crippen molar-refractivity contribution in [2.45, 2.75) is 26.8 Å². The summed E-state index contributed by atoms with van der Waals surface area (Å²) in [5, 5.41) is 0.391. The van der Waals surface area contributed by atoms with Crippen LogP contribution in [0.2, 0.25) is 0 Å². The second kappa shape index (κ2) is 9.97. The molecule has 8 nitrogen and oxygen atoms in total. The maximum atomic E-state index is 12.7. The number of aromatic amines is 1. The van der Waals surface area contributed by atoms with Crippen molar-refractivity contribution in [2.24, 2.45) is 0 Å². The van der Waals surface area contributed by atoms with Crippen molar-refractivity contribution >= 4 is 16.8 Å². The molecule has 0 aliphatic heterocycles. The van der Waals surface area contributed by atoms with Gasteiger partial charge >= 0.3 is 0 Å². The predicted molar refractivity (Wildman–Crippen MR) is 118 cm³/mol. The first-order valence-corrected chi connectivity index (χ1v) is 10.1. The second-order valence-electron chi connectivity index (χ2n) is 7.01. The van der Waals surface area contributed by atoms with Crippen molar-refractivity contribution in [2.75, 3.05) is 27.4 Å². The van der Waals surface area contributed by atoms with Crippen LogP contribution < -0.4 is 19.8 Å². The molecule has 0 atom stereocenters. The Morgan fingerprint density at radius 2 is 1.81 bits per heavy atom. The molecule has 2 aromatic carbocycles. The van der Waals surface area contributed by atoms with Gasteiger partial charge in [0.15, 0.2) is 11.5 Å². The molecule has 0 bridgehead atoms. The normalized spacial score (nSPS) is 10.7. The van der Waals surface area contributed by atoms with Crippen LogP contribution in [-0.4, -0.2) is 48.1 Å². The van der Waals surface area contributed by atoms with E-state index in [9.17, 15) is 9.59 Å². The summed E-state index contributed by atoms with van der Waals surface area (Å²) in [6.07, 6.45) is 0.227. The Bertz CT molecular complexity index is 1130. The number of rotatable bonds is 9. The zero-order chi connectivity index (χ0) is 22.4. The number of carbonyl (C=O) groups excluding carboxylic acids is 1. The van der Waals surface area contributed by atoms with Crippen molar-refractivity contribution in [3.8, 4) is 17.2 Å². The van der Waals surface area contributed by atoms with Crippen molar-refractivity contribution in [1.29, 1.82) is 0 Å².